The van der Waals surface area contributed by atoms with Crippen molar-refractivity contribution in [3.8, 4) is 5.75 Å². The predicted molar refractivity (Wildman–Crippen MR) is 350 cm³/mol. The molecule has 0 aliphatic carbocycles. The van der Waals surface area contributed by atoms with Gasteiger partial charge in [0.25, 0.3) is 0 Å². The van der Waals surface area contributed by atoms with Gasteiger partial charge in [0, 0.05) is 38.1 Å². The maximum atomic E-state index is 14.4. The van der Waals surface area contributed by atoms with Crippen LogP contribution in [-0.4, -0.2) is 172 Å². The van der Waals surface area contributed by atoms with Crippen molar-refractivity contribution in [2.24, 2.45) is 61.8 Å². The van der Waals surface area contributed by atoms with Crippen LogP contribution in [0.2, 0.25) is 0 Å². The van der Waals surface area contributed by atoms with Crippen molar-refractivity contribution >= 4 is 87.9 Å². The van der Waals surface area contributed by atoms with E-state index in [0.717, 1.165) is 0 Å². The molecule has 0 saturated heterocycles. The number of amides is 9. The maximum Gasteiger partial charge on any atom is 0.326 e. The summed E-state index contributed by atoms with van der Waals surface area (Å²) >= 11 is 0.596. The summed E-state index contributed by atoms with van der Waals surface area (Å²) in [7, 11) is 0. The van der Waals surface area contributed by atoms with Gasteiger partial charge in [0.2, 0.25) is 58.3 Å². The number of unbranched alkanes of at least 4 members (excludes halogenated alkanes) is 1. The van der Waals surface area contributed by atoms with Crippen LogP contribution in [0.1, 0.15) is 95.2 Å². The number of nitrogens with zero attached hydrogens (tertiary/aromatic N) is 2. The first kappa shape index (κ1) is 77.8. The quantitative estimate of drug-likeness (QED) is 0.0148. The molecular formula is C61H92N18O13S. The largest absolute Gasteiger partial charge is 0.508 e. The number of carbonyl (C=O) groups is 11. The first-order valence-corrected chi connectivity index (χ1v) is 31.3. The second-order valence-corrected chi connectivity index (χ2v) is 23.6. The average Bonchev–Trinajstić information content (AvgIpc) is 1.18. The molecule has 0 heterocycles. The molecule has 0 spiro atoms. The van der Waals surface area contributed by atoms with Gasteiger partial charge in [-0.25, -0.2) is 4.79 Å². The summed E-state index contributed by atoms with van der Waals surface area (Å²) in [4.78, 5) is 158. The molecule has 26 N–H and O–H groups in total. The molecule has 3 aromatic rings. The molecule has 10 atom stereocenters. The van der Waals surface area contributed by atoms with Crippen LogP contribution < -0.4 is 88.4 Å². The van der Waals surface area contributed by atoms with Crippen LogP contribution in [-0.2, 0) is 72.0 Å². The molecule has 510 valence electrons. The van der Waals surface area contributed by atoms with Crippen molar-refractivity contribution in [3.05, 3.63) is 102 Å². The molecule has 0 fully saturated rings. The van der Waals surface area contributed by atoms with Gasteiger partial charge in [-0.05, 0) is 99.6 Å². The number of primary amides is 1. The number of hydrogen-bond acceptors (Lipinski definition) is 18. The highest BCUT2D eigenvalue weighted by atomic mass is 32.2. The Balaban J connectivity index is 1.87. The van der Waals surface area contributed by atoms with E-state index in [-0.39, 0.29) is 94.6 Å². The van der Waals surface area contributed by atoms with Gasteiger partial charge in [-0.3, -0.25) is 57.9 Å². The number of rotatable bonds is 42. The predicted octanol–water partition coefficient (Wildman–Crippen LogP) is -3.52. The van der Waals surface area contributed by atoms with E-state index in [4.69, 9.17) is 45.9 Å². The molecule has 1 unspecified atom stereocenters. The van der Waals surface area contributed by atoms with Crippen LogP contribution in [0.3, 0.4) is 0 Å². The zero-order chi connectivity index (χ0) is 69.2. The number of thioether (sulfide) groups is 1. The summed E-state index contributed by atoms with van der Waals surface area (Å²) in [5, 5.41) is 39.6. The lowest BCUT2D eigenvalue weighted by atomic mass is 10.0. The van der Waals surface area contributed by atoms with Crippen molar-refractivity contribution in [3.63, 3.8) is 0 Å². The molecule has 0 aromatic heterocycles. The molecule has 93 heavy (non-hydrogen) atoms. The fourth-order valence-corrected chi connectivity index (χ4v) is 10.0. The summed E-state index contributed by atoms with van der Waals surface area (Å²) in [5.74, 6) is -10.2. The highest BCUT2D eigenvalue weighted by molar-refractivity contribution is 8.13. The number of benzene rings is 3. The van der Waals surface area contributed by atoms with Gasteiger partial charge < -0.3 is 98.6 Å². The summed E-state index contributed by atoms with van der Waals surface area (Å²) in [5.41, 5.74) is 47.3. The highest BCUT2D eigenvalue weighted by Crippen LogP contribution is 2.16. The number of hydrogen-bond donors (Lipinski definition) is 18. The third kappa shape index (κ3) is 30.5. The van der Waals surface area contributed by atoms with Gasteiger partial charge in [-0.2, -0.15) is 0 Å². The van der Waals surface area contributed by atoms with Gasteiger partial charge in [0.15, 0.2) is 11.9 Å². The number of nitrogens with two attached hydrogens (primary N) is 8. The SMILES string of the molecule is CC(C)C[C@H](N)C(=O)N[C@@H](Cc1ccc(O)cc1)C(=O)N[C@@H](CCCN=C(N)N)C(=O)N[C@@H](C)C(=O)N[C@@H](Cc1ccccc1)C(=O)SCC(N)C(=O)N[C@@H](Cc1ccccc1)C(=O)N[C@@H](CCCN=C(N)N)C(=O)N[C@@H](CC(N)=O)C(=O)N[C@@H](CCCCN)C(=O)O. The van der Waals surface area contributed by atoms with Crippen molar-refractivity contribution in [2.45, 2.75) is 158 Å². The summed E-state index contributed by atoms with van der Waals surface area (Å²) in [6.07, 6.45) is 0.0376. The number of phenols is 1. The Morgan fingerprint density at radius 1 is 0.462 bits per heavy atom. The highest BCUT2D eigenvalue weighted by Gasteiger charge is 2.35. The van der Waals surface area contributed by atoms with E-state index >= 15 is 0 Å². The monoisotopic (exact) mass is 1320 g/mol. The number of aliphatic carboxylic acids is 1. The third-order valence-electron chi connectivity index (χ3n) is 14.1. The topological polar surface area (TPSA) is 557 Å². The first-order chi connectivity index (χ1) is 44.1. The van der Waals surface area contributed by atoms with Gasteiger partial charge in [0.1, 0.15) is 54.1 Å². The lowest BCUT2D eigenvalue weighted by Crippen LogP contribution is -2.59. The van der Waals surface area contributed by atoms with E-state index in [1.807, 2.05) is 13.8 Å². The number of carboxylic acids is 1. The Labute approximate surface area is 544 Å². The van der Waals surface area contributed by atoms with Crippen LogP contribution >= 0.6 is 11.8 Å². The maximum absolute atomic E-state index is 14.4. The Kier molecular flexibility index (Phi) is 34.4. The normalized spacial score (nSPS) is 14.2. The number of carbonyl (C=O) groups excluding carboxylic acids is 10. The third-order valence-corrected chi connectivity index (χ3v) is 15.2. The fraction of sp³-hybridized carbons (Fsp3) is 0.492. The standard InChI is InChI=1S/C61H92N18O13S/c1-34(2)28-40(63)51(83)76-46(30-38-21-23-39(80)24-22-38)56(88)73-42(19-12-26-70-60(66)67)53(85)72-35(3)50(82)79-48(31-37-16-8-5-9-17-37)59(92)93-33-41(64)52(84)77-45(29-36-14-6-4-7-15-36)55(87)74-43(20-13-27-71-61(68)69)54(86)78-47(32-49(65)81)57(89)75-44(58(90)91)18-10-11-25-62/h4-9,14-17,21-24,34-35,40-48,80H,10-13,18-20,25-33,62-64H2,1-3H3,(H2,65,81)(H,72,85)(H,73,88)(H,74,87)(H,75,89)(H,76,83)(H,77,84)(H,78,86)(H,79,82)(H,90,91)(H4,66,67,70)(H4,68,69,71)/t35-,40-,41?,42-,43-,44-,45-,46-,47-,48-/m0/s1. The summed E-state index contributed by atoms with van der Waals surface area (Å²) < 4.78 is 0. The van der Waals surface area contributed by atoms with Crippen LogP contribution in [0, 0.1) is 5.92 Å². The van der Waals surface area contributed by atoms with Gasteiger partial charge >= 0.3 is 5.97 Å². The van der Waals surface area contributed by atoms with E-state index in [2.05, 4.69) is 52.5 Å². The fourth-order valence-electron chi connectivity index (χ4n) is 9.17. The minimum atomic E-state index is -1.70. The Hall–Kier alpha value is -9.40. The number of phenolic OH excluding ortho intramolecular Hbond substituents is 1. The Bertz CT molecular complexity index is 3010. The van der Waals surface area contributed by atoms with Crippen LogP contribution in [0.15, 0.2) is 94.9 Å². The van der Waals surface area contributed by atoms with Gasteiger partial charge in [0.05, 0.1) is 18.5 Å². The second-order valence-electron chi connectivity index (χ2n) is 22.6. The van der Waals surface area contributed by atoms with Crippen molar-refractivity contribution in [2.75, 3.05) is 25.4 Å². The minimum Gasteiger partial charge on any atom is -0.508 e. The van der Waals surface area contributed by atoms with Crippen molar-refractivity contribution < 1.29 is 63.0 Å². The van der Waals surface area contributed by atoms with Gasteiger partial charge in [-0.1, -0.05) is 98.4 Å². The average molecular weight is 1320 g/mol. The molecule has 32 heteroatoms. The molecular weight excluding hydrogens is 1220 g/mol. The number of guanidine groups is 2. The van der Waals surface area contributed by atoms with Crippen LogP contribution in [0.25, 0.3) is 0 Å². The van der Waals surface area contributed by atoms with Crippen LogP contribution in [0.5, 0.6) is 5.75 Å². The van der Waals surface area contributed by atoms with Gasteiger partial charge in [-0.15, -0.1) is 0 Å². The molecule has 0 radical (unpaired) electrons. The smallest absolute Gasteiger partial charge is 0.326 e. The Morgan fingerprint density at radius 3 is 1.32 bits per heavy atom. The number of aliphatic imine (C=N–C) groups is 2. The lowest BCUT2D eigenvalue weighted by molar-refractivity contribution is -0.142. The van der Waals surface area contributed by atoms with Crippen molar-refractivity contribution in [1.82, 2.24) is 42.5 Å². The molecule has 3 aromatic carbocycles. The molecule has 0 saturated carbocycles. The first-order valence-electron chi connectivity index (χ1n) is 30.4. The number of aromatic hydroxyl groups is 1. The van der Waals surface area contributed by atoms with E-state index in [9.17, 15) is 63.0 Å². The molecule has 3 rings (SSSR count). The zero-order valence-corrected chi connectivity index (χ0v) is 53.4. The van der Waals surface area contributed by atoms with E-state index in [0.29, 0.717) is 47.7 Å². The lowest BCUT2D eigenvalue weighted by Gasteiger charge is -2.26. The molecule has 0 aliphatic heterocycles. The van der Waals surface area contributed by atoms with E-state index < -0.39 is 137 Å². The Morgan fingerprint density at radius 2 is 0.860 bits per heavy atom. The van der Waals surface area contributed by atoms with Crippen molar-refractivity contribution in [1.29, 1.82) is 0 Å². The van der Waals surface area contributed by atoms with E-state index in [1.54, 1.807) is 72.8 Å². The molecule has 9 amide bonds. The number of nitrogens with one attached hydrogen (secondary N) is 8. The minimum absolute atomic E-state index is 0.0196. The van der Waals surface area contributed by atoms with E-state index in [1.165, 1.54) is 19.1 Å². The second kappa shape index (κ2) is 41.2. The summed E-state index contributed by atoms with van der Waals surface area (Å²) in [6, 6.07) is 9.20. The van der Waals surface area contributed by atoms with Crippen LogP contribution in [0.4, 0.5) is 0 Å². The number of carboxylic acid groups (broad SMARTS) is 1. The molecule has 0 aliphatic rings. The zero-order valence-electron chi connectivity index (χ0n) is 52.6. The molecule has 31 nitrogen and oxygen atoms in total. The summed E-state index contributed by atoms with van der Waals surface area (Å²) in [6.45, 7) is 5.41. The molecule has 0 bridgehead atoms.